The molecule has 0 aliphatic heterocycles. The normalized spacial score (nSPS) is 11.4. The predicted molar refractivity (Wildman–Crippen MR) is 418 cm³/mol. The summed E-state index contributed by atoms with van der Waals surface area (Å²) in [6, 6.07) is 26.5. The van der Waals surface area contributed by atoms with E-state index in [1.807, 2.05) is 34.1 Å². The lowest BCUT2D eigenvalue weighted by Crippen LogP contribution is -2.17. The molecule has 0 spiro atoms. The van der Waals surface area contributed by atoms with Crippen molar-refractivity contribution in [1.82, 2.24) is 64.8 Å². The molecule has 0 aliphatic carbocycles. The van der Waals surface area contributed by atoms with E-state index in [9.17, 15) is 60.4 Å². The van der Waals surface area contributed by atoms with Crippen LogP contribution in [0.2, 0.25) is 0 Å². The quantitative estimate of drug-likeness (QED) is 0.0417. The second-order valence-corrected chi connectivity index (χ2v) is 32.0. The molecule has 9 heterocycles. The minimum absolute atomic E-state index is 0.0287. The van der Waals surface area contributed by atoms with Gasteiger partial charge in [-0.05, 0) is 110 Å². The van der Waals surface area contributed by atoms with Gasteiger partial charge in [0.05, 0.1) is 83.9 Å². The van der Waals surface area contributed by atoms with Crippen molar-refractivity contribution in [3.8, 4) is 97.5 Å². The second kappa shape index (κ2) is 34.5. The van der Waals surface area contributed by atoms with Gasteiger partial charge >= 0.3 is 0 Å². The number of anilines is 5. The molecule has 0 saturated heterocycles. The molecule has 9 aromatic heterocycles. The van der Waals surface area contributed by atoms with Crippen LogP contribution in [0.3, 0.4) is 0 Å². The van der Waals surface area contributed by atoms with E-state index in [4.69, 9.17) is 0 Å². The van der Waals surface area contributed by atoms with Crippen LogP contribution in [0, 0.1) is 70.9 Å². The van der Waals surface area contributed by atoms with E-state index in [0.29, 0.717) is 71.2 Å². The Morgan fingerprint density at radius 3 is 1.20 bits per heavy atom. The molecule has 41 heteroatoms. The van der Waals surface area contributed by atoms with Crippen molar-refractivity contribution < 1.29 is 73.5 Å². The summed E-state index contributed by atoms with van der Waals surface area (Å²) in [5.41, 5.74) is 2.02. The third-order valence-electron chi connectivity index (χ3n) is 16.3. The molecule has 0 unspecified atom stereocenters. The van der Waals surface area contributed by atoms with E-state index < -0.39 is 126 Å². The summed E-state index contributed by atoms with van der Waals surface area (Å²) in [5.74, 6) is -12.4. The summed E-state index contributed by atoms with van der Waals surface area (Å²) < 4.78 is 242. The Labute approximate surface area is 669 Å². The number of nitrogens with one attached hydrogen (secondary N) is 5. The van der Waals surface area contributed by atoms with Crippen LogP contribution in [0.15, 0.2) is 210 Å². The van der Waals surface area contributed by atoms with Crippen LogP contribution >= 0.6 is 34.0 Å². The van der Waals surface area contributed by atoms with Gasteiger partial charge in [-0.25, -0.2) is 118 Å². The summed E-state index contributed by atoms with van der Waals surface area (Å²) in [6.07, 6.45) is 14.0. The zero-order chi connectivity index (χ0) is 83.2. The molecule has 5 N–H and O–H groups in total. The number of sulfonamides is 3. The number of hydrogen-bond acceptors (Lipinski definition) is 24. The summed E-state index contributed by atoms with van der Waals surface area (Å²) in [5, 5.41) is 6.85. The maximum absolute atomic E-state index is 15.9. The molecule has 15 aromatic rings. The fourth-order valence-corrected chi connectivity index (χ4v) is 17.7. The number of rotatable bonds is 21. The molecular formula is C76H51F11N18O6S6. The summed E-state index contributed by atoms with van der Waals surface area (Å²) >= 11 is 3.50. The maximum atomic E-state index is 15.9. The Kier molecular flexibility index (Phi) is 24.2. The van der Waals surface area contributed by atoms with Crippen molar-refractivity contribution in [2.75, 3.05) is 38.9 Å². The number of hydrogen-bond donors (Lipinski definition) is 5. The molecule has 15 rings (SSSR count). The third kappa shape index (κ3) is 17.9. The highest BCUT2D eigenvalue weighted by atomic mass is 32.2. The van der Waals surface area contributed by atoms with Crippen LogP contribution in [0.4, 0.5) is 77.3 Å². The SMILES string of the molecule is CCc1nccc(-c2sc(-c3cncc(C)c3)nc2-c2cccc(NS(=O)(=O)c3c(F)cccc3F)c2F)n1.CNc1nccc(-c2sc(-c3ccc(F)cn3)nc2-c2cccc(NS(=O)(=O)c3c(F)cc(F)cc3F)c2F)n1.CNc1nccc(-c2sc(-c3cnccn3)nc2-c2cccc(NS(=O)(=O)c3c(F)cccc3F)c2F)n1. The summed E-state index contributed by atoms with van der Waals surface area (Å²) in [7, 11) is -11.4. The highest BCUT2D eigenvalue weighted by molar-refractivity contribution is 7.93. The summed E-state index contributed by atoms with van der Waals surface area (Å²) in [4.78, 5) is 53.4. The first-order valence-electron chi connectivity index (χ1n) is 33.7. The molecule has 0 bridgehead atoms. The molecule has 0 amide bonds. The smallest absolute Gasteiger partial charge is 0.267 e. The van der Waals surface area contributed by atoms with E-state index >= 15 is 13.2 Å². The van der Waals surface area contributed by atoms with E-state index in [2.05, 4.69) is 75.4 Å². The Morgan fingerprint density at radius 2 is 0.778 bits per heavy atom. The van der Waals surface area contributed by atoms with E-state index in [1.165, 1.54) is 102 Å². The standard InChI is InChI=1S/C27H20F3N5O2S2.C25H15F5N6O2S2.C24H16F3N7O2S2/c1-3-22-32-11-10-21(33-22)25-24(34-27(38-25)16-12-15(2)13-31-14-16)17-6-4-9-20(23(17)30)35-39(36,37)26-18(28)7-5-8-19(26)29;1-31-25-32-8-7-18(34-25)22-21(35-24(39-22)19-6-5-12(26)11-33-19)14-3-2-4-17(20(14)30)36-40(37,38)23-15(28)9-13(27)10-16(23)29;1-28-24-31-9-8-17(32-24)21-20(33-23(37-21)18-12-29-10-11-30-18)13-4-2-7-16(19(13)27)34-38(35,36)22-14(25)5-3-6-15(22)26/h4-14,35H,3H2,1-2H3;2-11,36H,1H3,(H,31,32,34);2-12,34H,1H3,(H,28,31,32). The van der Waals surface area contributed by atoms with Crippen molar-refractivity contribution >= 4 is 93.0 Å². The highest BCUT2D eigenvalue weighted by Gasteiger charge is 2.33. The largest absolute Gasteiger partial charge is 0.357 e. The van der Waals surface area contributed by atoms with E-state index in [1.54, 1.807) is 50.9 Å². The van der Waals surface area contributed by atoms with E-state index in [0.717, 1.165) is 77.7 Å². The number of nitrogens with zero attached hydrogens (tertiary/aromatic N) is 13. The second-order valence-electron chi connectivity index (χ2n) is 24.2. The van der Waals surface area contributed by atoms with Crippen molar-refractivity contribution in [2.45, 2.75) is 35.0 Å². The van der Waals surface area contributed by atoms with Gasteiger partial charge in [-0.15, -0.1) is 34.0 Å². The minimum Gasteiger partial charge on any atom is -0.357 e. The maximum Gasteiger partial charge on any atom is 0.267 e. The van der Waals surface area contributed by atoms with Crippen molar-refractivity contribution in [2.24, 2.45) is 0 Å². The zero-order valence-electron chi connectivity index (χ0n) is 60.1. The van der Waals surface area contributed by atoms with Gasteiger partial charge in [0.1, 0.15) is 73.1 Å². The van der Waals surface area contributed by atoms with Crippen LogP contribution in [-0.4, -0.2) is 104 Å². The van der Waals surface area contributed by atoms with Gasteiger partial charge < -0.3 is 10.6 Å². The topological polar surface area (TPSA) is 330 Å². The molecule has 24 nitrogen and oxygen atoms in total. The lowest BCUT2D eigenvalue weighted by molar-refractivity contribution is 0.498. The Morgan fingerprint density at radius 1 is 0.359 bits per heavy atom. The zero-order valence-corrected chi connectivity index (χ0v) is 65.0. The van der Waals surface area contributed by atoms with Crippen LogP contribution < -0.4 is 24.8 Å². The third-order valence-corrected chi connectivity index (χ3v) is 23.9. The molecule has 0 aliphatic rings. The number of pyridine rings is 2. The van der Waals surface area contributed by atoms with Gasteiger partial charge in [0, 0.05) is 98.3 Å². The number of aryl methyl sites for hydroxylation is 2. The first-order chi connectivity index (χ1) is 56.0. The number of thiazole rings is 3. The molecule has 0 fully saturated rings. The van der Waals surface area contributed by atoms with Gasteiger partial charge in [0.2, 0.25) is 11.9 Å². The van der Waals surface area contributed by atoms with Crippen LogP contribution in [0.1, 0.15) is 18.3 Å². The molecular weight excluding hydrogens is 1660 g/mol. The first-order valence-corrected chi connectivity index (χ1v) is 40.6. The number of halogens is 11. The molecule has 117 heavy (non-hydrogen) atoms. The minimum atomic E-state index is -5.02. The predicted octanol–water partition coefficient (Wildman–Crippen LogP) is 17.3. The van der Waals surface area contributed by atoms with E-state index in [-0.39, 0.29) is 62.6 Å². The highest BCUT2D eigenvalue weighted by Crippen LogP contribution is 2.46. The van der Waals surface area contributed by atoms with Crippen molar-refractivity contribution in [3.63, 3.8) is 0 Å². The number of benzene rings is 6. The molecule has 594 valence electrons. The fraction of sp³-hybridized carbons (Fsp3) is 0.0658. The van der Waals surface area contributed by atoms with Crippen LogP contribution in [0.5, 0.6) is 0 Å². The van der Waals surface area contributed by atoms with Crippen molar-refractivity contribution in [3.05, 3.63) is 271 Å². The molecule has 0 saturated carbocycles. The first kappa shape index (κ1) is 81.9. The molecule has 0 atom stereocenters. The van der Waals surface area contributed by atoms with Gasteiger partial charge in [0.15, 0.2) is 32.1 Å². The number of aromatic nitrogens is 13. The monoisotopic (exact) mass is 1710 g/mol. The van der Waals surface area contributed by atoms with Crippen LogP contribution in [-0.2, 0) is 36.5 Å². The Hall–Kier alpha value is -13.1. The molecule has 6 aromatic carbocycles. The van der Waals surface area contributed by atoms with Gasteiger partial charge in [-0.1, -0.05) is 37.3 Å². The summed E-state index contributed by atoms with van der Waals surface area (Å²) in [6.45, 7) is 3.79. The Balaban J connectivity index is 0.000000152. The van der Waals surface area contributed by atoms with Gasteiger partial charge in [-0.2, -0.15) is 0 Å². The van der Waals surface area contributed by atoms with Gasteiger partial charge in [-0.3, -0.25) is 34.1 Å². The lowest BCUT2D eigenvalue weighted by atomic mass is 10.1. The van der Waals surface area contributed by atoms with Crippen molar-refractivity contribution in [1.29, 1.82) is 0 Å². The lowest BCUT2D eigenvalue weighted by Gasteiger charge is -2.12. The molecule has 0 radical (unpaired) electrons. The Bertz CT molecular complexity index is 6600. The fourth-order valence-electron chi connectivity index (χ4n) is 11.1. The average Bonchev–Trinajstić information content (AvgIpc) is 1.76. The van der Waals surface area contributed by atoms with Gasteiger partial charge in [0.25, 0.3) is 30.1 Å². The van der Waals surface area contributed by atoms with Crippen LogP contribution in [0.25, 0.3) is 97.5 Å². The average molecular weight is 1710 g/mol.